The van der Waals surface area contributed by atoms with Crippen LogP contribution in [-0.4, -0.2) is 16.8 Å². The molecule has 16 heavy (non-hydrogen) atoms. The van der Waals surface area contributed by atoms with Crippen LogP contribution in [0.5, 0.6) is 0 Å². The fourth-order valence-electron chi connectivity index (χ4n) is 1.11. The number of nitrogens with zero attached hydrogens (tertiary/aromatic N) is 1. The van der Waals surface area contributed by atoms with Crippen LogP contribution in [0.4, 0.5) is 5.69 Å². The zero-order valence-electron chi connectivity index (χ0n) is 7.96. The lowest BCUT2D eigenvalue weighted by Crippen LogP contribution is -2.30. The summed E-state index contributed by atoms with van der Waals surface area (Å²) in [5, 5.41) is 0. The standard InChI is InChI=1S/C7H7Cl2NO4S2/c1-6-4-2-3-5-7(6)10(15(8,11)12)16(9,13)14/h2-5H,1H3. The summed E-state index contributed by atoms with van der Waals surface area (Å²) < 4.78 is 44.6. The Labute approximate surface area is 103 Å². The summed E-state index contributed by atoms with van der Waals surface area (Å²) in [4.78, 5) is 0. The van der Waals surface area contributed by atoms with Crippen molar-refractivity contribution >= 4 is 45.5 Å². The largest absolute Gasteiger partial charge is 0.335 e. The molecule has 9 heteroatoms. The van der Waals surface area contributed by atoms with Gasteiger partial charge in [-0.25, -0.2) is 0 Å². The van der Waals surface area contributed by atoms with E-state index in [1.807, 2.05) is 0 Å². The highest BCUT2D eigenvalue weighted by atomic mass is 35.7. The first-order valence-electron chi connectivity index (χ1n) is 3.89. The number of aryl methyl sites for hydroxylation is 1. The summed E-state index contributed by atoms with van der Waals surface area (Å²) >= 11 is 0. The molecule has 1 rings (SSSR count). The number of hydrogen-bond acceptors (Lipinski definition) is 4. The van der Waals surface area contributed by atoms with Gasteiger partial charge in [0.25, 0.3) is 0 Å². The van der Waals surface area contributed by atoms with Gasteiger partial charge in [0.1, 0.15) is 0 Å². The smallest absolute Gasteiger partial charge is 0.188 e. The second-order valence-corrected chi connectivity index (χ2v) is 7.82. The van der Waals surface area contributed by atoms with E-state index in [2.05, 4.69) is 0 Å². The molecule has 0 fully saturated rings. The van der Waals surface area contributed by atoms with E-state index >= 15 is 0 Å². The number of benzene rings is 1. The van der Waals surface area contributed by atoms with Gasteiger partial charge in [-0.15, -0.1) is 3.71 Å². The van der Waals surface area contributed by atoms with E-state index in [0.717, 1.165) is 0 Å². The summed E-state index contributed by atoms with van der Waals surface area (Å²) in [5.74, 6) is 0. The molecule has 0 aliphatic heterocycles. The van der Waals surface area contributed by atoms with E-state index < -0.39 is 18.5 Å². The zero-order chi connectivity index (χ0) is 12.6. The van der Waals surface area contributed by atoms with Gasteiger partial charge in [0.2, 0.25) is 0 Å². The van der Waals surface area contributed by atoms with Crippen LogP contribution >= 0.6 is 21.4 Å². The molecule has 0 aromatic heterocycles. The Balaban J connectivity index is 3.54. The van der Waals surface area contributed by atoms with Crippen molar-refractivity contribution < 1.29 is 16.8 Å². The van der Waals surface area contributed by atoms with Crippen LogP contribution in [-0.2, 0) is 18.5 Å². The minimum absolute atomic E-state index is 0.0293. The van der Waals surface area contributed by atoms with Gasteiger partial charge < -0.3 is 0 Å². The Morgan fingerprint density at radius 3 is 1.81 bits per heavy atom. The fraction of sp³-hybridized carbons (Fsp3) is 0.143. The van der Waals surface area contributed by atoms with E-state index in [-0.39, 0.29) is 9.40 Å². The van der Waals surface area contributed by atoms with Gasteiger partial charge in [0, 0.05) is 21.4 Å². The highest BCUT2D eigenvalue weighted by Gasteiger charge is 2.32. The molecule has 0 saturated carbocycles. The van der Waals surface area contributed by atoms with Crippen LogP contribution < -0.4 is 3.71 Å². The molecule has 90 valence electrons. The Morgan fingerprint density at radius 1 is 1.00 bits per heavy atom. The van der Waals surface area contributed by atoms with Crippen LogP contribution in [0.2, 0.25) is 0 Å². The first kappa shape index (κ1) is 13.6. The number of halogens is 2. The number of anilines is 1. The lowest BCUT2D eigenvalue weighted by atomic mass is 10.2. The SMILES string of the molecule is Cc1ccccc1N(S(=O)(=O)Cl)S(=O)(=O)Cl. The van der Waals surface area contributed by atoms with Crippen LogP contribution in [0.1, 0.15) is 5.56 Å². The number of rotatable bonds is 3. The van der Waals surface area contributed by atoms with Gasteiger partial charge in [-0.2, -0.15) is 16.8 Å². The van der Waals surface area contributed by atoms with Crippen molar-refractivity contribution in [2.75, 3.05) is 3.71 Å². The molecule has 0 amide bonds. The van der Waals surface area contributed by atoms with E-state index in [9.17, 15) is 16.8 Å². The summed E-state index contributed by atoms with van der Waals surface area (Å²) in [6.07, 6.45) is 0. The van der Waals surface area contributed by atoms with Gasteiger partial charge >= 0.3 is 18.5 Å². The first-order valence-corrected chi connectivity index (χ1v) is 8.42. The molecule has 0 atom stereocenters. The maximum Gasteiger partial charge on any atom is 0.335 e. The van der Waals surface area contributed by atoms with Crippen LogP contribution in [0.25, 0.3) is 0 Å². The topological polar surface area (TPSA) is 71.5 Å². The quantitative estimate of drug-likeness (QED) is 0.798. The molecule has 0 aliphatic carbocycles. The van der Waals surface area contributed by atoms with Crippen LogP contribution in [0.15, 0.2) is 24.3 Å². The second-order valence-electron chi connectivity index (χ2n) is 2.87. The van der Waals surface area contributed by atoms with Crippen LogP contribution in [0, 0.1) is 6.92 Å². The molecule has 1 aromatic carbocycles. The van der Waals surface area contributed by atoms with Crippen molar-refractivity contribution in [3.63, 3.8) is 0 Å². The van der Waals surface area contributed by atoms with E-state index in [4.69, 9.17) is 21.4 Å². The number of para-hydroxylation sites is 1. The first-order chi connectivity index (χ1) is 7.14. The highest BCUT2D eigenvalue weighted by Crippen LogP contribution is 2.28. The van der Waals surface area contributed by atoms with Crippen molar-refractivity contribution in [3.05, 3.63) is 29.8 Å². The second kappa shape index (κ2) is 4.40. The Bertz CT molecular complexity index is 565. The maximum atomic E-state index is 11.2. The molecule has 0 N–H and O–H groups in total. The van der Waals surface area contributed by atoms with Gasteiger partial charge in [0.05, 0.1) is 5.69 Å². The van der Waals surface area contributed by atoms with Gasteiger partial charge in [0.15, 0.2) is 0 Å². The van der Waals surface area contributed by atoms with Crippen LogP contribution in [0.3, 0.4) is 0 Å². The molecule has 1 aromatic rings. The van der Waals surface area contributed by atoms with E-state index in [0.29, 0.717) is 5.56 Å². The third-order valence-electron chi connectivity index (χ3n) is 1.71. The molecule has 0 unspecified atom stereocenters. The predicted molar refractivity (Wildman–Crippen MR) is 63.2 cm³/mol. The Hall–Kier alpha value is -0.500. The van der Waals surface area contributed by atoms with Crippen molar-refractivity contribution in [1.29, 1.82) is 0 Å². The summed E-state index contributed by atoms with van der Waals surface area (Å²) in [5.41, 5.74) is 0.309. The van der Waals surface area contributed by atoms with Crippen molar-refractivity contribution in [2.45, 2.75) is 6.92 Å². The average molecular weight is 304 g/mol. The lowest BCUT2D eigenvalue weighted by molar-refractivity contribution is 0.599. The molecule has 0 spiro atoms. The number of hydrogen-bond donors (Lipinski definition) is 0. The molecular formula is C7H7Cl2NO4S2. The average Bonchev–Trinajstić information content (AvgIpc) is 2.03. The molecule has 0 radical (unpaired) electrons. The molecule has 5 nitrogen and oxygen atoms in total. The molecule has 0 aliphatic rings. The van der Waals surface area contributed by atoms with E-state index in [1.54, 1.807) is 6.07 Å². The lowest BCUT2D eigenvalue weighted by Gasteiger charge is -2.18. The van der Waals surface area contributed by atoms with Gasteiger partial charge in [-0.3, -0.25) is 0 Å². The summed E-state index contributed by atoms with van der Waals surface area (Å²) in [6.45, 7) is 1.53. The summed E-state index contributed by atoms with van der Waals surface area (Å²) in [6, 6.07) is 5.92. The highest BCUT2D eigenvalue weighted by molar-refractivity contribution is 8.29. The van der Waals surface area contributed by atoms with Gasteiger partial charge in [-0.05, 0) is 18.6 Å². The minimum Gasteiger partial charge on any atom is -0.188 e. The monoisotopic (exact) mass is 303 g/mol. The third-order valence-corrected chi connectivity index (χ3v) is 5.39. The van der Waals surface area contributed by atoms with Crippen molar-refractivity contribution in [2.24, 2.45) is 0 Å². The summed E-state index contributed by atoms with van der Waals surface area (Å²) in [7, 11) is 1.02. The normalized spacial score (nSPS) is 12.4. The van der Waals surface area contributed by atoms with Crippen molar-refractivity contribution in [3.8, 4) is 0 Å². The zero-order valence-corrected chi connectivity index (χ0v) is 11.1. The predicted octanol–water partition coefficient (Wildman–Crippen LogP) is 1.77. The Kier molecular flexibility index (Phi) is 3.73. The molecular weight excluding hydrogens is 297 g/mol. The third kappa shape index (κ3) is 3.00. The van der Waals surface area contributed by atoms with Gasteiger partial charge in [-0.1, -0.05) is 18.2 Å². The molecule has 0 heterocycles. The van der Waals surface area contributed by atoms with E-state index in [1.165, 1.54) is 25.1 Å². The fourth-order valence-corrected chi connectivity index (χ4v) is 4.88. The molecule has 0 saturated heterocycles. The Morgan fingerprint density at radius 2 is 1.44 bits per heavy atom. The molecule has 0 bridgehead atoms. The van der Waals surface area contributed by atoms with Crippen molar-refractivity contribution in [1.82, 2.24) is 0 Å². The maximum absolute atomic E-state index is 11.2. The minimum atomic E-state index is -4.51.